The number of fused-ring (bicyclic) bond motifs is 2. The minimum absolute atomic E-state index is 0.202. The number of piperidine rings is 1. The number of aliphatic carboxylic acids is 2. The number of aromatic nitrogens is 4. The molecule has 2 aliphatic heterocycles. The second kappa shape index (κ2) is 12.6. The van der Waals surface area contributed by atoms with E-state index in [1.807, 2.05) is 17.9 Å². The Morgan fingerprint density at radius 3 is 1.93 bits per heavy atom. The van der Waals surface area contributed by atoms with Crippen molar-refractivity contribution < 1.29 is 46.1 Å². The number of aryl methyl sites for hydroxylation is 2. The van der Waals surface area contributed by atoms with E-state index in [0.29, 0.717) is 6.04 Å². The number of nitrogens with zero attached hydrogens (tertiary/aromatic N) is 6. The van der Waals surface area contributed by atoms with Gasteiger partial charge in [0, 0.05) is 49.9 Å². The van der Waals surface area contributed by atoms with E-state index in [9.17, 15) is 26.3 Å². The van der Waals surface area contributed by atoms with Gasteiger partial charge in [0.05, 0.1) is 17.6 Å². The summed E-state index contributed by atoms with van der Waals surface area (Å²) in [6.07, 6.45) is -3.62. The fourth-order valence-electron chi connectivity index (χ4n) is 4.99. The van der Waals surface area contributed by atoms with Crippen LogP contribution < -0.4 is 0 Å². The van der Waals surface area contributed by atoms with Crippen LogP contribution in [0.25, 0.3) is 0 Å². The van der Waals surface area contributed by atoms with Gasteiger partial charge in [-0.05, 0) is 53.8 Å². The molecule has 226 valence electrons. The SMILES string of the molecule is Cc1nc2c(n1C(C)C)CN(Cc1cnn(C)c1)CC21CCN(C)CC1.O=C(O)C(F)(F)F.O=C(O)C(F)(F)F. The normalized spacial score (nSPS) is 17.5. The van der Waals surface area contributed by atoms with Gasteiger partial charge in [0.25, 0.3) is 0 Å². The molecular weight excluding hydrogens is 550 g/mol. The molecule has 16 heteroatoms. The molecule has 0 bridgehead atoms. The highest BCUT2D eigenvalue weighted by Crippen LogP contribution is 2.42. The van der Waals surface area contributed by atoms with Crippen LogP contribution in [0.5, 0.6) is 0 Å². The highest BCUT2D eigenvalue weighted by atomic mass is 19.4. The van der Waals surface area contributed by atoms with Crippen LogP contribution >= 0.6 is 0 Å². The Morgan fingerprint density at radius 2 is 1.52 bits per heavy atom. The second-order valence-corrected chi connectivity index (χ2v) is 10.3. The molecule has 0 radical (unpaired) electrons. The lowest BCUT2D eigenvalue weighted by atomic mass is 9.72. The van der Waals surface area contributed by atoms with Crippen LogP contribution in [-0.4, -0.2) is 90.3 Å². The van der Waals surface area contributed by atoms with Crippen LogP contribution in [-0.2, 0) is 35.1 Å². The highest BCUT2D eigenvalue weighted by Gasteiger charge is 2.45. The number of imidazole rings is 1. The van der Waals surface area contributed by atoms with E-state index < -0.39 is 24.3 Å². The minimum atomic E-state index is -5.08. The van der Waals surface area contributed by atoms with Gasteiger partial charge in [0.1, 0.15) is 5.82 Å². The molecule has 10 nitrogen and oxygen atoms in total. The van der Waals surface area contributed by atoms with Crippen molar-refractivity contribution in [1.29, 1.82) is 0 Å². The largest absolute Gasteiger partial charge is 0.490 e. The van der Waals surface area contributed by atoms with Gasteiger partial charge in [-0.3, -0.25) is 9.58 Å². The number of hydrogen-bond acceptors (Lipinski definition) is 6. The maximum atomic E-state index is 10.6. The van der Waals surface area contributed by atoms with Crippen LogP contribution in [0.15, 0.2) is 12.4 Å². The second-order valence-electron chi connectivity index (χ2n) is 10.3. The lowest BCUT2D eigenvalue weighted by Gasteiger charge is -2.46. The first-order valence-electron chi connectivity index (χ1n) is 12.3. The number of carbonyl (C=O) groups is 2. The van der Waals surface area contributed by atoms with Gasteiger partial charge in [0.15, 0.2) is 0 Å². The maximum absolute atomic E-state index is 10.6. The average Bonchev–Trinajstić information content (AvgIpc) is 3.37. The van der Waals surface area contributed by atoms with Crippen molar-refractivity contribution in [3.63, 3.8) is 0 Å². The Morgan fingerprint density at radius 1 is 1.02 bits per heavy atom. The van der Waals surface area contributed by atoms with Gasteiger partial charge in [-0.15, -0.1) is 0 Å². The van der Waals surface area contributed by atoms with Gasteiger partial charge in [0.2, 0.25) is 0 Å². The number of likely N-dealkylation sites (tertiary alicyclic amines) is 1. The summed E-state index contributed by atoms with van der Waals surface area (Å²) in [5.41, 5.74) is 4.33. The Balaban J connectivity index is 0.000000333. The summed E-state index contributed by atoms with van der Waals surface area (Å²) in [5.74, 6) is -4.34. The molecule has 0 unspecified atom stereocenters. The Bertz CT molecular complexity index is 1140. The Kier molecular flexibility index (Phi) is 10.4. The first-order chi connectivity index (χ1) is 18.3. The topological polar surface area (TPSA) is 117 Å². The molecule has 1 saturated heterocycles. The van der Waals surface area contributed by atoms with Gasteiger partial charge in [-0.1, -0.05) is 0 Å². The van der Waals surface area contributed by atoms with Gasteiger partial charge in [-0.25, -0.2) is 14.6 Å². The zero-order valence-electron chi connectivity index (χ0n) is 22.8. The van der Waals surface area contributed by atoms with Gasteiger partial charge >= 0.3 is 24.3 Å². The third kappa shape index (κ3) is 8.43. The summed E-state index contributed by atoms with van der Waals surface area (Å²) in [6.45, 7) is 12.1. The zero-order chi connectivity index (χ0) is 30.6. The first kappa shape index (κ1) is 33.1. The fourth-order valence-corrected chi connectivity index (χ4v) is 4.99. The smallest absolute Gasteiger partial charge is 0.475 e. The molecule has 2 N–H and O–H groups in total. The maximum Gasteiger partial charge on any atom is 0.490 e. The van der Waals surface area contributed by atoms with Crippen LogP contribution in [0, 0.1) is 6.92 Å². The monoisotopic (exact) mass is 584 g/mol. The lowest BCUT2D eigenvalue weighted by molar-refractivity contribution is -0.193. The number of carboxylic acid groups (broad SMARTS) is 2. The number of carboxylic acids is 2. The minimum Gasteiger partial charge on any atom is -0.475 e. The van der Waals surface area contributed by atoms with E-state index in [1.54, 1.807) is 0 Å². The molecule has 1 spiro atoms. The lowest BCUT2D eigenvalue weighted by Crippen LogP contribution is -2.51. The van der Waals surface area contributed by atoms with Crippen molar-refractivity contribution in [2.75, 3.05) is 26.7 Å². The average molecular weight is 585 g/mol. The van der Waals surface area contributed by atoms with Crippen molar-refractivity contribution in [1.82, 2.24) is 29.1 Å². The van der Waals surface area contributed by atoms with Crippen LogP contribution in [0.1, 0.15) is 55.5 Å². The molecular formula is C24H34F6N6O4. The van der Waals surface area contributed by atoms with Crippen molar-refractivity contribution in [3.05, 3.63) is 35.2 Å². The Labute approximate surface area is 227 Å². The molecule has 2 aromatic heterocycles. The molecule has 4 rings (SSSR count). The predicted octanol–water partition coefficient (Wildman–Crippen LogP) is 3.75. The number of halogens is 6. The van der Waals surface area contributed by atoms with E-state index in [4.69, 9.17) is 24.8 Å². The van der Waals surface area contributed by atoms with E-state index in [-0.39, 0.29) is 5.41 Å². The third-order valence-corrected chi connectivity index (χ3v) is 6.70. The molecule has 40 heavy (non-hydrogen) atoms. The molecule has 0 saturated carbocycles. The Hall–Kier alpha value is -3.14. The van der Waals surface area contributed by atoms with Crippen LogP contribution in [0.2, 0.25) is 0 Å². The van der Waals surface area contributed by atoms with E-state index in [0.717, 1.165) is 32.7 Å². The molecule has 1 fully saturated rings. The predicted molar refractivity (Wildman–Crippen MR) is 130 cm³/mol. The molecule has 0 amide bonds. The van der Waals surface area contributed by atoms with Gasteiger partial charge in [-0.2, -0.15) is 31.4 Å². The molecule has 0 aromatic carbocycles. The van der Waals surface area contributed by atoms with Crippen molar-refractivity contribution in [2.45, 2.75) is 70.5 Å². The number of rotatable bonds is 3. The third-order valence-electron chi connectivity index (χ3n) is 6.70. The van der Waals surface area contributed by atoms with Crippen molar-refractivity contribution >= 4 is 11.9 Å². The summed E-state index contributed by atoms with van der Waals surface area (Å²) in [7, 11) is 4.23. The van der Waals surface area contributed by atoms with Crippen LogP contribution in [0.4, 0.5) is 26.3 Å². The number of alkyl halides is 6. The standard InChI is InChI=1S/C20H32N6.2C2HF3O2/c1-15(2)26-16(3)22-19-18(26)13-25(12-17-10-21-24(5)11-17)14-20(19)6-8-23(4)9-7-20;2*3-2(4,5)1(6)7/h10-11,15H,6-9,12-14H2,1-5H3;2*(H,6,7). The van der Waals surface area contributed by atoms with Crippen molar-refractivity contribution in [3.8, 4) is 0 Å². The molecule has 0 atom stereocenters. The van der Waals surface area contributed by atoms with Crippen LogP contribution in [0.3, 0.4) is 0 Å². The highest BCUT2D eigenvalue weighted by molar-refractivity contribution is 5.73. The summed E-state index contributed by atoms with van der Waals surface area (Å²) < 4.78 is 67.8. The van der Waals surface area contributed by atoms with E-state index in [1.165, 1.54) is 35.6 Å². The zero-order valence-corrected chi connectivity index (χ0v) is 22.8. The first-order valence-corrected chi connectivity index (χ1v) is 12.3. The molecule has 2 aromatic rings. The molecule has 4 heterocycles. The summed E-state index contributed by atoms with van der Waals surface area (Å²) in [6, 6.07) is 0.452. The fraction of sp³-hybridized carbons (Fsp3) is 0.667. The summed E-state index contributed by atoms with van der Waals surface area (Å²) in [4.78, 5) is 28.0. The molecule has 2 aliphatic rings. The van der Waals surface area contributed by atoms with Crippen molar-refractivity contribution in [2.24, 2.45) is 7.05 Å². The quantitative estimate of drug-likeness (QED) is 0.525. The molecule has 0 aliphatic carbocycles. The number of hydrogen-bond donors (Lipinski definition) is 2. The summed E-state index contributed by atoms with van der Waals surface area (Å²) >= 11 is 0. The summed E-state index contributed by atoms with van der Waals surface area (Å²) in [5, 5.41) is 18.6. The van der Waals surface area contributed by atoms with E-state index in [2.05, 4.69) is 53.5 Å². The van der Waals surface area contributed by atoms with E-state index >= 15 is 0 Å². The van der Waals surface area contributed by atoms with Gasteiger partial charge < -0.3 is 19.7 Å².